The summed E-state index contributed by atoms with van der Waals surface area (Å²) in [5, 5.41) is 14.1. The van der Waals surface area contributed by atoms with Gasteiger partial charge in [-0.15, -0.1) is 0 Å². The average molecular weight is 410 g/mol. The van der Waals surface area contributed by atoms with Crippen molar-refractivity contribution in [1.82, 2.24) is 10.3 Å². The zero-order chi connectivity index (χ0) is 20.9. The predicted molar refractivity (Wildman–Crippen MR) is 117 cm³/mol. The molecule has 2 heterocycles. The molecule has 0 bridgehead atoms. The van der Waals surface area contributed by atoms with Gasteiger partial charge in [-0.05, 0) is 43.0 Å². The van der Waals surface area contributed by atoms with Crippen LogP contribution in [0.3, 0.4) is 0 Å². The number of aromatic nitrogens is 1. The molecule has 1 saturated heterocycles. The first-order valence-electron chi connectivity index (χ1n) is 10.5. The minimum Gasteiger partial charge on any atom is -0.497 e. The summed E-state index contributed by atoms with van der Waals surface area (Å²) in [5.41, 5.74) is 2.60. The number of aliphatic hydroxyl groups is 1. The van der Waals surface area contributed by atoms with Gasteiger partial charge in [-0.25, -0.2) is 9.37 Å². The Bertz CT molecular complexity index is 1010. The number of nitrogens with one attached hydrogen (secondary N) is 1. The van der Waals surface area contributed by atoms with Crippen molar-refractivity contribution in [2.24, 2.45) is 5.92 Å². The molecule has 4 rings (SSSR count). The molecule has 2 N–H and O–H groups in total. The van der Waals surface area contributed by atoms with Gasteiger partial charge in [-0.1, -0.05) is 18.2 Å². The lowest BCUT2D eigenvalue weighted by molar-refractivity contribution is 0.208. The maximum atomic E-state index is 14.0. The Labute approximate surface area is 176 Å². The fourth-order valence-electron chi connectivity index (χ4n) is 4.09. The number of anilines is 1. The van der Waals surface area contributed by atoms with Crippen LogP contribution in [-0.2, 0) is 13.1 Å². The molecule has 5 nitrogen and oxygen atoms in total. The van der Waals surface area contributed by atoms with E-state index >= 15 is 0 Å². The Morgan fingerprint density at radius 1 is 1.17 bits per heavy atom. The molecule has 3 aromatic rings. The molecule has 0 spiro atoms. The van der Waals surface area contributed by atoms with E-state index in [1.807, 2.05) is 24.3 Å². The van der Waals surface area contributed by atoms with Crippen molar-refractivity contribution >= 4 is 16.7 Å². The topological polar surface area (TPSA) is 57.6 Å². The summed E-state index contributed by atoms with van der Waals surface area (Å²) < 4.78 is 19.3. The van der Waals surface area contributed by atoms with Crippen molar-refractivity contribution in [3.8, 4) is 5.75 Å². The highest BCUT2D eigenvalue weighted by Gasteiger charge is 2.23. The number of aliphatic hydroxyl groups excluding tert-OH is 1. The van der Waals surface area contributed by atoms with Gasteiger partial charge in [-0.3, -0.25) is 0 Å². The van der Waals surface area contributed by atoms with E-state index in [4.69, 9.17) is 9.72 Å². The van der Waals surface area contributed by atoms with Crippen molar-refractivity contribution < 1.29 is 14.2 Å². The van der Waals surface area contributed by atoms with Crippen LogP contribution in [0.25, 0.3) is 10.9 Å². The van der Waals surface area contributed by atoms with E-state index in [1.54, 1.807) is 19.2 Å². The van der Waals surface area contributed by atoms with Crippen molar-refractivity contribution in [2.75, 3.05) is 31.7 Å². The molecule has 1 atom stereocenters. The maximum absolute atomic E-state index is 14.0. The van der Waals surface area contributed by atoms with Crippen LogP contribution in [0.5, 0.6) is 5.75 Å². The summed E-state index contributed by atoms with van der Waals surface area (Å²) in [6.45, 7) is 2.93. The molecule has 30 heavy (non-hydrogen) atoms. The fourth-order valence-corrected chi connectivity index (χ4v) is 4.09. The summed E-state index contributed by atoms with van der Waals surface area (Å²) >= 11 is 0. The number of halogens is 1. The number of hydrogen-bond donors (Lipinski definition) is 2. The molecular weight excluding hydrogens is 381 g/mol. The van der Waals surface area contributed by atoms with Crippen LogP contribution < -0.4 is 15.0 Å². The Balaban J connectivity index is 1.62. The lowest BCUT2D eigenvalue weighted by atomic mass is 9.98. The summed E-state index contributed by atoms with van der Waals surface area (Å²) in [5.74, 6) is 1.77. The number of pyridine rings is 1. The van der Waals surface area contributed by atoms with E-state index in [-0.39, 0.29) is 18.3 Å². The van der Waals surface area contributed by atoms with E-state index in [9.17, 15) is 9.50 Å². The molecule has 2 aromatic carbocycles. The Kier molecular flexibility index (Phi) is 6.45. The third-order valence-electron chi connectivity index (χ3n) is 5.75. The van der Waals surface area contributed by atoms with Crippen LogP contribution in [-0.4, -0.2) is 36.9 Å². The van der Waals surface area contributed by atoms with E-state index in [1.165, 1.54) is 6.07 Å². The SMILES string of the molecule is COc1ccc2cc(CNCc3ccccc3F)c(N3CCCC(CO)C3)nc2c1. The number of ether oxygens (including phenoxy) is 1. The number of fused-ring (bicyclic) bond motifs is 1. The van der Waals surface area contributed by atoms with Crippen molar-refractivity contribution in [1.29, 1.82) is 0 Å². The molecule has 0 amide bonds. The molecule has 0 radical (unpaired) electrons. The minimum absolute atomic E-state index is 0.193. The molecule has 1 aliphatic heterocycles. The Morgan fingerprint density at radius 2 is 2.00 bits per heavy atom. The number of nitrogens with zero attached hydrogens (tertiary/aromatic N) is 2. The largest absolute Gasteiger partial charge is 0.497 e. The highest BCUT2D eigenvalue weighted by molar-refractivity contribution is 5.83. The van der Waals surface area contributed by atoms with Gasteiger partial charge in [0.05, 0.1) is 12.6 Å². The number of rotatable bonds is 7. The number of piperidine rings is 1. The molecule has 6 heteroatoms. The molecule has 1 fully saturated rings. The maximum Gasteiger partial charge on any atom is 0.133 e. The van der Waals surface area contributed by atoms with Gasteiger partial charge in [0.15, 0.2) is 0 Å². The highest BCUT2D eigenvalue weighted by atomic mass is 19.1. The molecular formula is C24H28FN3O2. The van der Waals surface area contributed by atoms with Crippen LogP contribution in [0.1, 0.15) is 24.0 Å². The van der Waals surface area contributed by atoms with Crippen LogP contribution >= 0.6 is 0 Å². The second-order valence-electron chi connectivity index (χ2n) is 7.86. The summed E-state index contributed by atoms with van der Waals surface area (Å²) in [6.07, 6.45) is 2.07. The lowest BCUT2D eigenvalue weighted by Gasteiger charge is -2.34. The van der Waals surface area contributed by atoms with Crippen LogP contribution in [0.15, 0.2) is 48.5 Å². The van der Waals surface area contributed by atoms with Crippen LogP contribution in [0.2, 0.25) is 0 Å². The Hall–Kier alpha value is -2.70. The smallest absolute Gasteiger partial charge is 0.133 e. The minimum atomic E-state index is -0.198. The quantitative estimate of drug-likeness (QED) is 0.620. The fraction of sp³-hybridized carbons (Fsp3) is 0.375. The van der Waals surface area contributed by atoms with Crippen molar-refractivity contribution in [3.63, 3.8) is 0 Å². The van der Waals surface area contributed by atoms with Gasteiger partial charge in [0.1, 0.15) is 17.4 Å². The molecule has 0 aliphatic carbocycles. The van der Waals surface area contributed by atoms with E-state index in [0.717, 1.165) is 54.0 Å². The first kappa shape index (κ1) is 20.6. The van der Waals surface area contributed by atoms with E-state index < -0.39 is 0 Å². The Morgan fingerprint density at radius 3 is 2.80 bits per heavy atom. The number of methoxy groups -OCH3 is 1. The lowest BCUT2D eigenvalue weighted by Crippen LogP contribution is -2.38. The third-order valence-corrected chi connectivity index (χ3v) is 5.75. The first-order chi connectivity index (χ1) is 14.7. The van der Waals surface area contributed by atoms with Gasteiger partial charge in [0, 0.05) is 55.4 Å². The van der Waals surface area contributed by atoms with E-state index in [0.29, 0.717) is 18.7 Å². The summed E-state index contributed by atoms with van der Waals surface area (Å²) in [4.78, 5) is 7.24. The normalized spacial score (nSPS) is 16.8. The monoisotopic (exact) mass is 409 g/mol. The second-order valence-corrected chi connectivity index (χ2v) is 7.86. The van der Waals surface area contributed by atoms with Crippen molar-refractivity contribution in [3.05, 3.63) is 65.5 Å². The van der Waals surface area contributed by atoms with Gasteiger partial charge in [0.2, 0.25) is 0 Å². The van der Waals surface area contributed by atoms with Gasteiger partial charge in [0.25, 0.3) is 0 Å². The zero-order valence-corrected chi connectivity index (χ0v) is 17.3. The average Bonchev–Trinajstić information content (AvgIpc) is 2.79. The van der Waals surface area contributed by atoms with Crippen LogP contribution in [0.4, 0.5) is 10.2 Å². The van der Waals surface area contributed by atoms with E-state index in [2.05, 4.69) is 16.3 Å². The summed E-state index contributed by atoms with van der Waals surface area (Å²) in [7, 11) is 1.65. The molecule has 1 aliphatic rings. The molecule has 1 unspecified atom stereocenters. The van der Waals surface area contributed by atoms with Gasteiger partial charge < -0.3 is 20.1 Å². The number of benzene rings is 2. The summed E-state index contributed by atoms with van der Waals surface area (Å²) in [6, 6.07) is 14.9. The van der Waals surface area contributed by atoms with Crippen LogP contribution in [0, 0.1) is 11.7 Å². The van der Waals surface area contributed by atoms with Gasteiger partial charge >= 0.3 is 0 Å². The second kappa shape index (κ2) is 9.41. The standard InChI is InChI=1S/C24H28FN3O2/c1-30-21-9-8-18-11-20(14-26-13-19-6-2-3-7-22(19)25)24(27-23(18)12-21)28-10-4-5-17(15-28)16-29/h2-3,6-9,11-12,17,26,29H,4-5,10,13-16H2,1H3. The number of hydrogen-bond acceptors (Lipinski definition) is 5. The van der Waals surface area contributed by atoms with Crippen molar-refractivity contribution in [2.45, 2.75) is 25.9 Å². The predicted octanol–water partition coefficient (Wildman–Crippen LogP) is 3.88. The third kappa shape index (κ3) is 4.55. The first-order valence-corrected chi connectivity index (χ1v) is 10.5. The zero-order valence-electron chi connectivity index (χ0n) is 17.3. The highest BCUT2D eigenvalue weighted by Crippen LogP contribution is 2.29. The molecule has 158 valence electrons. The van der Waals surface area contributed by atoms with Gasteiger partial charge in [-0.2, -0.15) is 0 Å². The molecule has 0 saturated carbocycles. The molecule has 1 aromatic heterocycles.